The molecule has 0 unspecified atom stereocenters. The van der Waals surface area contributed by atoms with Crippen molar-refractivity contribution >= 4 is 12.4 Å². The first kappa shape index (κ1) is 11.9. The second kappa shape index (κ2) is 4.84. The topological polar surface area (TPSA) is 52.6 Å². The molecule has 0 amide bonds. The number of rotatable bonds is 4. The van der Waals surface area contributed by atoms with E-state index in [2.05, 4.69) is 4.74 Å². The summed E-state index contributed by atoms with van der Waals surface area (Å²) in [6, 6.07) is 0. The molecule has 76 valence electrons. The maximum Gasteiger partial charge on any atom is 0.309 e. The Kier molecular flexibility index (Phi) is 4.45. The van der Waals surface area contributed by atoms with Crippen LogP contribution in [0.2, 0.25) is 0 Å². The number of carbonyl (C=O) groups excluding carboxylic acids is 2. The van der Waals surface area contributed by atoms with Gasteiger partial charge >= 0.3 is 5.97 Å². The van der Waals surface area contributed by atoms with Gasteiger partial charge in [-0.3, -0.25) is 9.59 Å². The molecular weight excluding hydrogens is 172 g/mol. The van der Waals surface area contributed by atoms with Crippen LogP contribution in [-0.2, 0) is 19.1 Å². The van der Waals surface area contributed by atoms with E-state index in [1.807, 2.05) is 20.8 Å². The molecule has 4 nitrogen and oxygen atoms in total. The maximum atomic E-state index is 10.9. The first-order valence-electron chi connectivity index (χ1n) is 4.07. The molecule has 0 bridgehead atoms. The Hall–Kier alpha value is -1.06. The van der Waals surface area contributed by atoms with Crippen molar-refractivity contribution in [3.05, 3.63) is 0 Å². The van der Waals surface area contributed by atoms with Gasteiger partial charge in [0.2, 0.25) is 0 Å². The highest BCUT2D eigenvalue weighted by molar-refractivity contribution is 5.70. The van der Waals surface area contributed by atoms with Crippen molar-refractivity contribution in [1.29, 1.82) is 0 Å². The van der Waals surface area contributed by atoms with Gasteiger partial charge in [0.05, 0.1) is 13.5 Å². The normalized spacial score (nSPS) is 13.2. The highest BCUT2D eigenvalue weighted by atomic mass is 16.5. The maximum absolute atomic E-state index is 10.9. The van der Waals surface area contributed by atoms with E-state index in [4.69, 9.17) is 4.74 Å². The monoisotopic (exact) mass is 188 g/mol. The average molecular weight is 188 g/mol. The van der Waals surface area contributed by atoms with Crippen molar-refractivity contribution in [2.45, 2.75) is 33.3 Å². The molecule has 0 aliphatic heterocycles. The molecule has 1 atom stereocenters. The molecule has 0 heterocycles. The predicted molar refractivity (Wildman–Crippen MR) is 47.0 cm³/mol. The second-order valence-electron chi connectivity index (χ2n) is 3.87. The first-order valence-corrected chi connectivity index (χ1v) is 4.07. The third kappa shape index (κ3) is 4.50. The summed E-state index contributed by atoms with van der Waals surface area (Å²) in [5, 5.41) is 0. The van der Waals surface area contributed by atoms with Gasteiger partial charge in [-0.2, -0.15) is 0 Å². The van der Waals surface area contributed by atoms with Crippen LogP contribution in [-0.4, -0.2) is 25.7 Å². The van der Waals surface area contributed by atoms with Crippen molar-refractivity contribution in [3.8, 4) is 0 Å². The van der Waals surface area contributed by atoms with Crippen LogP contribution in [0.5, 0.6) is 0 Å². The quantitative estimate of drug-likeness (QED) is 0.490. The summed E-state index contributed by atoms with van der Waals surface area (Å²) in [6.45, 7) is 6.04. The van der Waals surface area contributed by atoms with Crippen molar-refractivity contribution in [3.63, 3.8) is 0 Å². The standard InChI is InChI=1S/C9H16O4/c1-9(2,3)7(13-6-10)5-8(11)12-4/h6-7H,5H2,1-4H3/t7-/m0/s1. The van der Waals surface area contributed by atoms with Gasteiger partial charge in [0.25, 0.3) is 6.47 Å². The largest absolute Gasteiger partial charge is 0.469 e. The zero-order chi connectivity index (χ0) is 10.5. The molecule has 0 aliphatic rings. The van der Waals surface area contributed by atoms with Crippen LogP contribution >= 0.6 is 0 Å². The fourth-order valence-corrected chi connectivity index (χ4v) is 0.860. The smallest absolute Gasteiger partial charge is 0.309 e. The SMILES string of the molecule is COC(=O)C[C@H](OC=O)C(C)(C)C. The summed E-state index contributed by atoms with van der Waals surface area (Å²) in [7, 11) is 1.31. The number of hydrogen-bond donors (Lipinski definition) is 0. The van der Waals surface area contributed by atoms with Crippen LogP contribution in [0.4, 0.5) is 0 Å². The Morgan fingerprint density at radius 1 is 1.46 bits per heavy atom. The van der Waals surface area contributed by atoms with E-state index in [9.17, 15) is 9.59 Å². The van der Waals surface area contributed by atoms with Gasteiger partial charge in [-0.1, -0.05) is 20.8 Å². The predicted octanol–water partition coefficient (Wildman–Crippen LogP) is 1.14. The minimum atomic E-state index is -0.433. The lowest BCUT2D eigenvalue weighted by molar-refractivity contribution is -0.150. The molecule has 0 radical (unpaired) electrons. The van der Waals surface area contributed by atoms with Gasteiger partial charge < -0.3 is 9.47 Å². The number of ether oxygens (including phenoxy) is 2. The van der Waals surface area contributed by atoms with E-state index in [-0.39, 0.29) is 17.8 Å². The van der Waals surface area contributed by atoms with Gasteiger partial charge in [0, 0.05) is 0 Å². The van der Waals surface area contributed by atoms with Crippen molar-refractivity contribution in [1.82, 2.24) is 0 Å². The van der Waals surface area contributed by atoms with Crippen molar-refractivity contribution < 1.29 is 19.1 Å². The molecule has 0 N–H and O–H groups in total. The summed E-state index contributed by atoms with van der Waals surface area (Å²) in [4.78, 5) is 21.1. The van der Waals surface area contributed by atoms with Gasteiger partial charge in [-0.05, 0) is 5.41 Å². The van der Waals surface area contributed by atoms with Crippen LogP contribution < -0.4 is 0 Å². The molecule has 0 rings (SSSR count). The molecule has 0 saturated carbocycles. The Morgan fingerprint density at radius 2 is 2.00 bits per heavy atom. The fourth-order valence-electron chi connectivity index (χ4n) is 0.860. The highest BCUT2D eigenvalue weighted by Crippen LogP contribution is 2.24. The molecule has 0 spiro atoms. The summed E-state index contributed by atoms with van der Waals surface area (Å²) in [5.41, 5.74) is -0.255. The molecule has 0 aliphatic carbocycles. The summed E-state index contributed by atoms with van der Waals surface area (Å²) >= 11 is 0. The minimum Gasteiger partial charge on any atom is -0.469 e. The van der Waals surface area contributed by atoms with Gasteiger partial charge in [-0.25, -0.2) is 0 Å². The first-order chi connectivity index (χ1) is 5.91. The van der Waals surface area contributed by atoms with Crippen LogP contribution in [0.25, 0.3) is 0 Å². The molecule has 0 saturated heterocycles. The van der Waals surface area contributed by atoms with Crippen LogP contribution in [0.15, 0.2) is 0 Å². The third-order valence-corrected chi connectivity index (χ3v) is 1.77. The van der Waals surface area contributed by atoms with Crippen LogP contribution in [0.1, 0.15) is 27.2 Å². The number of carbonyl (C=O) groups is 2. The molecule has 0 aromatic heterocycles. The third-order valence-electron chi connectivity index (χ3n) is 1.77. The molecular formula is C9H16O4. The number of esters is 1. The zero-order valence-corrected chi connectivity index (χ0v) is 8.49. The molecule has 13 heavy (non-hydrogen) atoms. The second-order valence-corrected chi connectivity index (χ2v) is 3.87. The Bertz CT molecular complexity index is 181. The van der Waals surface area contributed by atoms with E-state index in [1.54, 1.807) is 0 Å². The van der Waals surface area contributed by atoms with E-state index in [0.717, 1.165) is 0 Å². The number of methoxy groups -OCH3 is 1. The lowest BCUT2D eigenvalue weighted by Crippen LogP contribution is -2.31. The Balaban J connectivity index is 4.26. The highest BCUT2D eigenvalue weighted by Gasteiger charge is 2.28. The van der Waals surface area contributed by atoms with E-state index < -0.39 is 6.10 Å². The Labute approximate surface area is 78.2 Å². The zero-order valence-electron chi connectivity index (χ0n) is 8.49. The van der Waals surface area contributed by atoms with Crippen LogP contribution in [0, 0.1) is 5.41 Å². The van der Waals surface area contributed by atoms with E-state index >= 15 is 0 Å². The van der Waals surface area contributed by atoms with Gasteiger partial charge in [0.1, 0.15) is 6.10 Å². The molecule has 4 heteroatoms. The summed E-state index contributed by atoms with van der Waals surface area (Å²) in [5.74, 6) is -0.373. The molecule has 0 aromatic carbocycles. The summed E-state index contributed by atoms with van der Waals surface area (Å²) < 4.78 is 9.28. The minimum absolute atomic E-state index is 0.0960. The fraction of sp³-hybridized carbons (Fsp3) is 0.778. The van der Waals surface area contributed by atoms with Crippen LogP contribution in [0.3, 0.4) is 0 Å². The Morgan fingerprint density at radius 3 is 2.31 bits per heavy atom. The van der Waals surface area contributed by atoms with Crippen molar-refractivity contribution in [2.24, 2.45) is 5.41 Å². The van der Waals surface area contributed by atoms with E-state index in [1.165, 1.54) is 7.11 Å². The molecule has 0 fully saturated rings. The van der Waals surface area contributed by atoms with E-state index in [0.29, 0.717) is 6.47 Å². The lowest BCUT2D eigenvalue weighted by Gasteiger charge is -2.27. The molecule has 0 aromatic rings. The average Bonchev–Trinajstić information content (AvgIpc) is 2.01. The van der Waals surface area contributed by atoms with Crippen molar-refractivity contribution in [2.75, 3.05) is 7.11 Å². The van der Waals surface area contributed by atoms with Gasteiger partial charge in [0.15, 0.2) is 0 Å². The lowest BCUT2D eigenvalue weighted by atomic mass is 9.87. The van der Waals surface area contributed by atoms with Gasteiger partial charge in [-0.15, -0.1) is 0 Å². The number of hydrogen-bond acceptors (Lipinski definition) is 4. The summed E-state index contributed by atoms with van der Waals surface area (Å²) in [6.07, 6.45) is -0.337.